The van der Waals surface area contributed by atoms with Gasteiger partial charge in [0.25, 0.3) is 0 Å². The lowest BCUT2D eigenvalue weighted by atomic mass is 9.60. The molecule has 0 aromatic heterocycles. The van der Waals surface area contributed by atoms with Crippen LogP contribution in [0, 0.1) is 29.1 Å². The Balaban J connectivity index is 1.51. The van der Waals surface area contributed by atoms with Crippen molar-refractivity contribution in [2.45, 2.75) is 110 Å². The summed E-state index contributed by atoms with van der Waals surface area (Å²) in [4.78, 5) is 11.1. The van der Waals surface area contributed by atoms with Gasteiger partial charge in [-0.05, 0) is 84.8 Å². The lowest BCUT2D eigenvalue weighted by molar-refractivity contribution is -0.312. The average molecular weight is 433 g/mol. The molecule has 7 atom stereocenters. The van der Waals surface area contributed by atoms with Crippen LogP contribution in [0.15, 0.2) is 22.8 Å². The van der Waals surface area contributed by atoms with E-state index in [1.165, 1.54) is 50.5 Å². The van der Waals surface area contributed by atoms with E-state index in [1.807, 2.05) is 0 Å². The van der Waals surface area contributed by atoms with Crippen molar-refractivity contribution in [3.05, 3.63) is 22.8 Å². The highest BCUT2D eigenvalue weighted by Crippen LogP contribution is 2.60. The van der Waals surface area contributed by atoms with Crippen molar-refractivity contribution in [2.75, 3.05) is 6.61 Å². The van der Waals surface area contributed by atoms with Gasteiger partial charge in [0, 0.05) is 6.42 Å². The summed E-state index contributed by atoms with van der Waals surface area (Å²) in [7, 11) is 0. The minimum Gasteiger partial charge on any atom is -0.393 e. The normalized spacial score (nSPS) is 40.9. The number of hydrogen-bond acceptors (Lipinski definition) is 4. The third-order valence-corrected chi connectivity index (χ3v) is 9.03. The number of allylic oxidation sites excluding steroid dienone is 1. The lowest BCUT2D eigenvalue weighted by Crippen LogP contribution is -2.38. The molecule has 4 aliphatic rings. The molecule has 2 saturated carbocycles. The molecule has 1 heterocycles. The fraction of sp³-hybridized carbons (Fsp3) is 0.852. The predicted molar refractivity (Wildman–Crippen MR) is 123 cm³/mol. The molecule has 0 aromatic rings. The molecule has 0 radical (unpaired) electrons. The van der Waals surface area contributed by atoms with Gasteiger partial charge >= 0.3 is 0 Å². The summed E-state index contributed by atoms with van der Waals surface area (Å²) in [5.41, 5.74) is 3.90. The van der Waals surface area contributed by atoms with Gasteiger partial charge in [-0.2, -0.15) is 0 Å². The molecular formula is C27H44O4. The molecule has 4 rings (SSSR count). The summed E-state index contributed by atoms with van der Waals surface area (Å²) in [6.07, 6.45) is 12.3. The summed E-state index contributed by atoms with van der Waals surface area (Å²) < 4.78 is 0. The van der Waals surface area contributed by atoms with Gasteiger partial charge in [0.05, 0.1) is 12.2 Å². The van der Waals surface area contributed by atoms with Crippen LogP contribution in [0.1, 0.15) is 91.9 Å². The van der Waals surface area contributed by atoms with Gasteiger partial charge in [-0.25, -0.2) is 9.78 Å². The fourth-order valence-electron chi connectivity index (χ4n) is 7.39. The molecule has 3 aliphatic carbocycles. The van der Waals surface area contributed by atoms with Gasteiger partial charge in [0.2, 0.25) is 0 Å². The zero-order valence-electron chi connectivity index (χ0n) is 20.1. The molecule has 176 valence electrons. The number of rotatable bonds is 6. The van der Waals surface area contributed by atoms with Gasteiger partial charge < -0.3 is 10.2 Å². The van der Waals surface area contributed by atoms with Crippen LogP contribution >= 0.6 is 0 Å². The molecule has 4 heteroatoms. The molecule has 0 saturated heterocycles. The summed E-state index contributed by atoms with van der Waals surface area (Å²) in [6.45, 7) is 10.0. The molecule has 4 nitrogen and oxygen atoms in total. The molecule has 0 amide bonds. The molecule has 31 heavy (non-hydrogen) atoms. The first-order chi connectivity index (χ1) is 14.8. The summed E-state index contributed by atoms with van der Waals surface area (Å²) in [5, 5.41) is 20.6. The van der Waals surface area contributed by atoms with E-state index in [0.29, 0.717) is 30.8 Å². The van der Waals surface area contributed by atoms with E-state index in [1.54, 1.807) is 0 Å². The maximum absolute atomic E-state index is 10.4. The highest BCUT2D eigenvalue weighted by atomic mass is 17.2. The minimum atomic E-state index is -0.609. The van der Waals surface area contributed by atoms with Crippen LogP contribution in [0.3, 0.4) is 0 Å². The minimum absolute atomic E-state index is 0.256. The van der Waals surface area contributed by atoms with E-state index in [9.17, 15) is 10.2 Å². The highest BCUT2D eigenvalue weighted by molar-refractivity contribution is 5.33. The van der Waals surface area contributed by atoms with Gasteiger partial charge in [-0.1, -0.05) is 52.5 Å². The van der Waals surface area contributed by atoms with Crippen LogP contribution < -0.4 is 0 Å². The quantitative estimate of drug-likeness (QED) is 0.415. The van der Waals surface area contributed by atoms with Gasteiger partial charge in [-0.3, -0.25) is 0 Å². The fourth-order valence-corrected chi connectivity index (χ4v) is 7.39. The summed E-state index contributed by atoms with van der Waals surface area (Å²) in [5.74, 6) is 3.04. The largest absolute Gasteiger partial charge is 0.393 e. The Morgan fingerprint density at radius 3 is 2.71 bits per heavy atom. The van der Waals surface area contributed by atoms with E-state index < -0.39 is 12.2 Å². The van der Waals surface area contributed by atoms with Crippen LogP contribution in [0.5, 0.6) is 0 Å². The van der Waals surface area contributed by atoms with Gasteiger partial charge in [0.15, 0.2) is 0 Å². The number of aliphatic hydroxyl groups excluding tert-OH is 2. The van der Waals surface area contributed by atoms with Crippen LogP contribution in [0.25, 0.3) is 0 Å². The molecule has 2 fully saturated rings. The van der Waals surface area contributed by atoms with E-state index in [2.05, 4.69) is 33.8 Å². The Morgan fingerprint density at radius 1 is 1.13 bits per heavy atom. The zero-order chi connectivity index (χ0) is 22.2. The first-order valence-corrected chi connectivity index (χ1v) is 12.9. The second-order valence-corrected chi connectivity index (χ2v) is 11.6. The van der Waals surface area contributed by atoms with Crippen LogP contribution in [0.2, 0.25) is 0 Å². The number of fused-ring (bicyclic) bond motifs is 1. The second kappa shape index (κ2) is 9.67. The van der Waals surface area contributed by atoms with Crippen molar-refractivity contribution in [2.24, 2.45) is 29.1 Å². The second-order valence-electron chi connectivity index (χ2n) is 11.6. The summed E-state index contributed by atoms with van der Waals surface area (Å²) in [6, 6.07) is 0. The highest BCUT2D eigenvalue weighted by Gasteiger charge is 2.50. The van der Waals surface area contributed by atoms with Crippen molar-refractivity contribution in [3.8, 4) is 0 Å². The Hall–Kier alpha value is -0.680. The van der Waals surface area contributed by atoms with Crippen molar-refractivity contribution in [1.82, 2.24) is 0 Å². The number of hydrogen-bond donors (Lipinski definition) is 2. The van der Waals surface area contributed by atoms with Crippen molar-refractivity contribution in [1.29, 1.82) is 0 Å². The maximum Gasteiger partial charge on any atom is 0.133 e. The van der Waals surface area contributed by atoms with Crippen LogP contribution in [-0.4, -0.2) is 35.1 Å². The zero-order valence-corrected chi connectivity index (χ0v) is 20.1. The molecule has 0 unspecified atom stereocenters. The smallest absolute Gasteiger partial charge is 0.133 e. The topological polar surface area (TPSA) is 58.9 Å². The third-order valence-electron chi connectivity index (χ3n) is 9.03. The first kappa shape index (κ1) is 23.5. The van der Waals surface area contributed by atoms with E-state index >= 15 is 0 Å². The van der Waals surface area contributed by atoms with E-state index in [4.69, 9.17) is 9.78 Å². The Labute approximate surface area is 189 Å². The van der Waals surface area contributed by atoms with Crippen molar-refractivity contribution < 1.29 is 20.0 Å². The van der Waals surface area contributed by atoms with Crippen molar-refractivity contribution in [3.63, 3.8) is 0 Å². The molecular weight excluding hydrogens is 388 g/mol. The van der Waals surface area contributed by atoms with Gasteiger partial charge in [-0.15, -0.1) is 0 Å². The predicted octanol–water partition coefficient (Wildman–Crippen LogP) is 5.73. The van der Waals surface area contributed by atoms with Crippen LogP contribution in [-0.2, 0) is 9.78 Å². The SMILES string of the molecule is CC(C)CCC[C@@H](C)[C@H]1CC[C@H]2/C(=C/[C@@H]3OOCC4=C3C[C@@H](O)C[C@@H]4O)CCC[C@]12C. The monoisotopic (exact) mass is 432 g/mol. The Kier molecular flexibility index (Phi) is 7.32. The maximum atomic E-state index is 10.4. The third kappa shape index (κ3) is 4.83. The van der Waals surface area contributed by atoms with Crippen molar-refractivity contribution >= 4 is 0 Å². The van der Waals surface area contributed by atoms with Crippen LogP contribution in [0.4, 0.5) is 0 Å². The number of aliphatic hydroxyl groups is 2. The average Bonchev–Trinajstić information content (AvgIpc) is 3.06. The first-order valence-electron chi connectivity index (χ1n) is 12.9. The standard InChI is InChI=1S/C27H44O4/c1-17(2)7-5-8-18(3)23-10-11-24-19(9-6-12-27(23,24)4)13-26-21-14-20(28)15-25(29)22(21)16-30-31-26/h13,17-18,20,23-26,28-29H,5-12,14-16H2,1-4H3/b19-13+/t18-,20-,23-,24+,25+,26+,27-/m1/s1. The molecule has 0 spiro atoms. The van der Waals surface area contributed by atoms with Gasteiger partial charge in [0.1, 0.15) is 12.7 Å². The molecule has 2 N–H and O–H groups in total. The Morgan fingerprint density at radius 2 is 1.94 bits per heavy atom. The summed E-state index contributed by atoms with van der Waals surface area (Å²) >= 11 is 0. The molecule has 0 aromatic carbocycles. The molecule has 1 aliphatic heterocycles. The molecule has 0 bridgehead atoms. The van der Waals surface area contributed by atoms with E-state index in [0.717, 1.165) is 35.3 Å². The Bertz CT molecular complexity index is 695. The van der Waals surface area contributed by atoms with E-state index in [-0.39, 0.29) is 6.10 Å². The lowest BCUT2D eigenvalue weighted by Gasteiger charge is -2.45.